The van der Waals surface area contributed by atoms with Gasteiger partial charge in [-0.15, -0.1) is 0 Å². The van der Waals surface area contributed by atoms with Crippen LogP contribution in [-0.4, -0.2) is 38.0 Å². The summed E-state index contributed by atoms with van der Waals surface area (Å²) in [6, 6.07) is 0. The van der Waals surface area contributed by atoms with Crippen molar-refractivity contribution in [1.29, 1.82) is 0 Å². The van der Waals surface area contributed by atoms with Gasteiger partial charge >= 0.3 is 0 Å². The quantitative estimate of drug-likeness (QED) is 0.910. The van der Waals surface area contributed by atoms with Gasteiger partial charge in [-0.05, 0) is 38.4 Å². The number of nitrogens with zero attached hydrogens (tertiary/aromatic N) is 3. The van der Waals surface area contributed by atoms with Crippen LogP contribution in [0, 0.1) is 6.92 Å². The minimum Gasteiger partial charge on any atom is -0.505 e. The van der Waals surface area contributed by atoms with Crippen molar-refractivity contribution in [3.63, 3.8) is 0 Å². The Balaban J connectivity index is 1.92. The molecule has 0 radical (unpaired) electrons. The van der Waals surface area contributed by atoms with E-state index in [4.69, 9.17) is 0 Å². The van der Waals surface area contributed by atoms with E-state index in [1.165, 1.54) is 25.7 Å². The number of hydrogen-bond donors (Lipinski definition) is 2. The highest BCUT2D eigenvalue weighted by atomic mass is 16.3. The Morgan fingerprint density at radius 2 is 1.95 bits per heavy atom. The van der Waals surface area contributed by atoms with E-state index >= 15 is 0 Å². The van der Waals surface area contributed by atoms with Gasteiger partial charge in [-0.25, -0.2) is 4.98 Å². The number of aromatic hydroxyl groups is 1. The van der Waals surface area contributed by atoms with E-state index in [2.05, 4.69) is 19.9 Å². The second-order valence-electron chi connectivity index (χ2n) is 5.72. The van der Waals surface area contributed by atoms with Crippen LogP contribution in [0.4, 0.5) is 0 Å². The minimum atomic E-state index is 0.234. The lowest BCUT2D eigenvalue weighted by Crippen LogP contribution is -2.24. The first-order valence-electron chi connectivity index (χ1n) is 7.65. The number of imidazole rings is 1. The van der Waals surface area contributed by atoms with Gasteiger partial charge in [0.05, 0.1) is 11.3 Å². The first-order chi connectivity index (χ1) is 10.3. The lowest BCUT2D eigenvalue weighted by molar-refractivity contribution is 0.276. The predicted octanol–water partition coefficient (Wildman–Crippen LogP) is 2.86. The van der Waals surface area contributed by atoms with Crippen LogP contribution in [-0.2, 0) is 6.54 Å². The summed E-state index contributed by atoms with van der Waals surface area (Å²) in [7, 11) is 0. The molecular formula is C16H22N4O. The smallest absolute Gasteiger partial charge is 0.148 e. The first-order valence-corrected chi connectivity index (χ1v) is 7.65. The van der Waals surface area contributed by atoms with Crippen LogP contribution >= 0.6 is 0 Å². The molecule has 0 aliphatic carbocycles. The second kappa shape index (κ2) is 6.26. The molecule has 0 bridgehead atoms. The fraction of sp³-hybridized carbons (Fsp3) is 0.500. The third kappa shape index (κ3) is 3.08. The molecule has 5 heteroatoms. The van der Waals surface area contributed by atoms with Crippen molar-refractivity contribution < 1.29 is 5.11 Å². The molecule has 2 N–H and O–H groups in total. The Morgan fingerprint density at radius 1 is 1.19 bits per heavy atom. The van der Waals surface area contributed by atoms with Gasteiger partial charge in [-0.1, -0.05) is 12.8 Å². The number of hydrogen-bond acceptors (Lipinski definition) is 4. The Hall–Kier alpha value is -1.88. The molecule has 1 fully saturated rings. The van der Waals surface area contributed by atoms with Gasteiger partial charge in [0.25, 0.3) is 0 Å². The largest absolute Gasteiger partial charge is 0.505 e. The normalized spacial score (nSPS) is 16.8. The lowest BCUT2D eigenvalue weighted by atomic mass is 10.1. The van der Waals surface area contributed by atoms with E-state index in [0.29, 0.717) is 11.5 Å². The molecule has 1 aliphatic rings. The zero-order valence-electron chi connectivity index (χ0n) is 12.5. The molecule has 21 heavy (non-hydrogen) atoms. The van der Waals surface area contributed by atoms with Crippen LogP contribution < -0.4 is 0 Å². The van der Waals surface area contributed by atoms with Crippen LogP contribution in [0.25, 0.3) is 11.4 Å². The maximum Gasteiger partial charge on any atom is 0.148 e. The molecule has 1 aliphatic heterocycles. The molecule has 2 aromatic rings. The molecule has 0 spiro atoms. The Labute approximate surface area is 125 Å². The van der Waals surface area contributed by atoms with Crippen LogP contribution in [0.15, 0.2) is 18.6 Å². The predicted molar refractivity (Wildman–Crippen MR) is 82.0 cm³/mol. The second-order valence-corrected chi connectivity index (χ2v) is 5.72. The van der Waals surface area contributed by atoms with Crippen molar-refractivity contribution >= 4 is 0 Å². The zero-order valence-corrected chi connectivity index (χ0v) is 12.5. The summed E-state index contributed by atoms with van der Waals surface area (Å²) in [5.41, 5.74) is 2.47. The van der Waals surface area contributed by atoms with Gasteiger partial charge in [0, 0.05) is 25.1 Å². The molecule has 3 rings (SSSR count). The van der Waals surface area contributed by atoms with Crippen molar-refractivity contribution in [3.05, 3.63) is 29.8 Å². The molecule has 0 amide bonds. The highest BCUT2D eigenvalue weighted by molar-refractivity contribution is 5.68. The van der Waals surface area contributed by atoms with E-state index in [-0.39, 0.29) is 5.75 Å². The Bertz CT molecular complexity index is 587. The maximum absolute atomic E-state index is 10.4. The van der Waals surface area contributed by atoms with Crippen LogP contribution in [0.1, 0.15) is 36.9 Å². The molecule has 0 saturated carbocycles. The topological polar surface area (TPSA) is 65.0 Å². The number of pyridine rings is 1. The van der Waals surface area contributed by atoms with Crippen molar-refractivity contribution in [3.8, 4) is 17.1 Å². The number of H-pyrrole nitrogens is 1. The summed E-state index contributed by atoms with van der Waals surface area (Å²) in [5, 5.41) is 10.4. The van der Waals surface area contributed by atoms with Crippen molar-refractivity contribution in [2.24, 2.45) is 0 Å². The molecule has 3 heterocycles. The van der Waals surface area contributed by atoms with Crippen molar-refractivity contribution in [2.75, 3.05) is 13.1 Å². The van der Waals surface area contributed by atoms with Crippen molar-refractivity contribution in [1.82, 2.24) is 19.9 Å². The van der Waals surface area contributed by atoms with E-state index in [1.807, 2.05) is 13.1 Å². The van der Waals surface area contributed by atoms with E-state index in [1.54, 1.807) is 12.4 Å². The molecule has 112 valence electrons. The zero-order chi connectivity index (χ0) is 14.7. The molecule has 0 unspecified atom stereocenters. The van der Waals surface area contributed by atoms with Gasteiger partial charge < -0.3 is 10.1 Å². The summed E-state index contributed by atoms with van der Waals surface area (Å²) < 4.78 is 0. The number of rotatable bonds is 3. The fourth-order valence-corrected chi connectivity index (χ4v) is 2.95. The van der Waals surface area contributed by atoms with E-state index < -0.39 is 0 Å². The molecule has 2 aromatic heterocycles. The summed E-state index contributed by atoms with van der Waals surface area (Å²) >= 11 is 0. The number of likely N-dealkylation sites (tertiary alicyclic amines) is 1. The van der Waals surface area contributed by atoms with Gasteiger partial charge in [-0.2, -0.15) is 0 Å². The molecule has 0 aromatic carbocycles. The fourth-order valence-electron chi connectivity index (χ4n) is 2.95. The van der Waals surface area contributed by atoms with Crippen LogP contribution in [0.3, 0.4) is 0 Å². The summed E-state index contributed by atoms with van der Waals surface area (Å²) in [5.74, 6) is 0.945. The first kappa shape index (κ1) is 14.1. The lowest BCUT2D eigenvalue weighted by Gasteiger charge is -2.21. The number of nitrogens with one attached hydrogen (secondary N) is 1. The standard InChI is InChI=1S/C16H22N4O/c1-12-15(21)14(16-17-6-7-18-16)13(10-19-12)11-20-8-4-2-3-5-9-20/h6-7,10,21H,2-5,8-9,11H2,1H3,(H,17,18). The van der Waals surface area contributed by atoms with Gasteiger partial charge in [-0.3, -0.25) is 9.88 Å². The highest BCUT2D eigenvalue weighted by Crippen LogP contribution is 2.32. The molecule has 1 saturated heterocycles. The van der Waals surface area contributed by atoms with Crippen molar-refractivity contribution in [2.45, 2.75) is 39.2 Å². The highest BCUT2D eigenvalue weighted by Gasteiger charge is 2.18. The maximum atomic E-state index is 10.4. The van der Waals surface area contributed by atoms with Gasteiger partial charge in [0.2, 0.25) is 0 Å². The summed E-state index contributed by atoms with van der Waals surface area (Å²) in [6.45, 7) is 4.87. The number of aromatic amines is 1. The SMILES string of the molecule is Cc1ncc(CN2CCCCCC2)c(-c2ncc[nH]2)c1O. The number of aromatic nitrogens is 3. The third-order valence-electron chi connectivity index (χ3n) is 4.14. The summed E-state index contributed by atoms with van der Waals surface area (Å²) in [6.07, 6.45) is 10.5. The Kier molecular flexibility index (Phi) is 4.20. The molecule has 0 atom stereocenters. The third-order valence-corrected chi connectivity index (χ3v) is 4.14. The van der Waals surface area contributed by atoms with Crippen LogP contribution in [0.5, 0.6) is 5.75 Å². The van der Waals surface area contributed by atoms with Gasteiger partial charge in [0.15, 0.2) is 0 Å². The van der Waals surface area contributed by atoms with Crippen LogP contribution in [0.2, 0.25) is 0 Å². The minimum absolute atomic E-state index is 0.234. The van der Waals surface area contributed by atoms with E-state index in [9.17, 15) is 5.11 Å². The molecular weight excluding hydrogens is 264 g/mol. The van der Waals surface area contributed by atoms with E-state index in [0.717, 1.165) is 30.8 Å². The average molecular weight is 286 g/mol. The number of aryl methyl sites for hydroxylation is 1. The summed E-state index contributed by atoms with van der Waals surface area (Å²) in [4.78, 5) is 14.2. The molecule has 5 nitrogen and oxygen atoms in total. The Morgan fingerprint density at radius 3 is 2.62 bits per heavy atom. The monoisotopic (exact) mass is 286 g/mol. The average Bonchev–Trinajstić information content (AvgIpc) is 2.88. The van der Waals surface area contributed by atoms with Gasteiger partial charge in [0.1, 0.15) is 11.6 Å².